The number of aryl methyl sites for hydroxylation is 2. The summed E-state index contributed by atoms with van der Waals surface area (Å²) in [7, 11) is -1.69. The number of nitrogens with zero attached hydrogens (tertiary/aromatic N) is 3. The minimum Gasteiger partial charge on any atom is -0.444 e. The van der Waals surface area contributed by atoms with E-state index in [2.05, 4.69) is 20.6 Å². The van der Waals surface area contributed by atoms with Crippen LogP contribution in [0.4, 0.5) is 0 Å². The highest BCUT2D eigenvalue weighted by Gasteiger charge is 2.26. The molecule has 1 aliphatic rings. The summed E-state index contributed by atoms with van der Waals surface area (Å²) in [4.78, 5) is 8.85. The molecule has 1 aromatic carbocycles. The van der Waals surface area contributed by atoms with Gasteiger partial charge in [0.25, 0.3) is 0 Å². The number of benzene rings is 1. The van der Waals surface area contributed by atoms with Crippen LogP contribution in [-0.4, -0.2) is 43.8 Å². The summed E-state index contributed by atoms with van der Waals surface area (Å²) in [5.74, 6) is 2.03. The van der Waals surface area contributed by atoms with Gasteiger partial charge in [0.05, 0.1) is 17.1 Å². The summed E-state index contributed by atoms with van der Waals surface area (Å²) in [5.41, 5.74) is 1.84. The third-order valence-electron chi connectivity index (χ3n) is 4.79. The fourth-order valence-corrected chi connectivity index (χ4v) is 4.55. The van der Waals surface area contributed by atoms with Crippen LogP contribution in [0.1, 0.15) is 35.7 Å². The first-order valence-corrected chi connectivity index (χ1v) is 10.8. The fraction of sp³-hybridized carbons (Fsp3) is 0.474. The van der Waals surface area contributed by atoms with Crippen LogP contribution in [0.5, 0.6) is 0 Å². The molecule has 1 aromatic heterocycles. The lowest BCUT2D eigenvalue weighted by Gasteiger charge is -2.16. The van der Waals surface area contributed by atoms with Gasteiger partial charge in [-0.1, -0.05) is 12.1 Å². The van der Waals surface area contributed by atoms with Crippen LogP contribution in [-0.2, 0) is 23.1 Å². The molecule has 10 heteroatoms. The highest BCUT2D eigenvalue weighted by atomic mass is 127. The van der Waals surface area contributed by atoms with Crippen molar-refractivity contribution in [2.45, 2.75) is 44.7 Å². The summed E-state index contributed by atoms with van der Waals surface area (Å²) >= 11 is 0. The summed E-state index contributed by atoms with van der Waals surface area (Å²) in [6.45, 7) is 5.96. The predicted molar refractivity (Wildman–Crippen MR) is 123 cm³/mol. The van der Waals surface area contributed by atoms with Gasteiger partial charge in [-0.3, -0.25) is 4.99 Å². The van der Waals surface area contributed by atoms with Crippen LogP contribution in [0.2, 0.25) is 0 Å². The molecule has 160 valence electrons. The van der Waals surface area contributed by atoms with Crippen molar-refractivity contribution < 1.29 is 12.8 Å². The van der Waals surface area contributed by atoms with E-state index >= 15 is 0 Å². The lowest BCUT2D eigenvalue weighted by Crippen LogP contribution is -2.36. The Balaban J connectivity index is 0.00000300. The minimum absolute atomic E-state index is 0. The number of hydrogen-bond donors (Lipinski definition) is 2. The van der Waals surface area contributed by atoms with Crippen molar-refractivity contribution in [1.29, 1.82) is 0 Å². The van der Waals surface area contributed by atoms with Crippen LogP contribution in [0.25, 0.3) is 0 Å². The van der Waals surface area contributed by atoms with Crippen molar-refractivity contribution in [2.75, 3.05) is 20.1 Å². The Kier molecular flexibility index (Phi) is 8.46. The second-order valence-corrected chi connectivity index (χ2v) is 8.72. The standard InChI is InChI=1S/C19H27N5O3S.HI/c1-14-15(2)27-18(23-14)13-22-19(20-3)21-12-16-6-8-17(9-7-16)28(25,26)24-10-4-5-11-24;/h6-9H,4-5,10-13H2,1-3H3,(H2,20,21,22);1H. The number of aromatic nitrogens is 1. The summed E-state index contributed by atoms with van der Waals surface area (Å²) in [5, 5.41) is 6.35. The molecule has 29 heavy (non-hydrogen) atoms. The van der Waals surface area contributed by atoms with Crippen molar-refractivity contribution in [3.05, 3.63) is 47.2 Å². The van der Waals surface area contributed by atoms with Gasteiger partial charge in [-0.05, 0) is 44.4 Å². The van der Waals surface area contributed by atoms with Crippen molar-refractivity contribution >= 4 is 40.0 Å². The van der Waals surface area contributed by atoms with Gasteiger partial charge in [0.15, 0.2) is 5.96 Å². The first-order chi connectivity index (χ1) is 13.4. The maximum atomic E-state index is 12.6. The van der Waals surface area contributed by atoms with Gasteiger partial charge in [0, 0.05) is 26.7 Å². The number of halogens is 1. The highest BCUT2D eigenvalue weighted by molar-refractivity contribution is 14.0. The van der Waals surface area contributed by atoms with Crippen molar-refractivity contribution in [3.8, 4) is 0 Å². The Bertz CT molecular complexity index is 916. The number of guanidine groups is 1. The molecule has 1 fully saturated rings. The van der Waals surface area contributed by atoms with Crippen molar-refractivity contribution in [3.63, 3.8) is 0 Å². The van der Waals surface area contributed by atoms with E-state index in [0.29, 0.717) is 42.9 Å². The van der Waals surface area contributed by atoms with E-state index < -0.39 is 10.0 Å². The first-order valence-electron chi connectivity index (χ1n) is 9.36. The van der Waals surface area contributed by atoms with Crippen LogP contribution in [0, 0.1) is 13.8 Å². The summed E-state index contributed by atoms with van der Waals surface area (Å²) in [6.07, 6.45) is 1.86. The van der Waals surface area contributed by atoms with E-state index in [-0.39, 0.29) is 24.0 Å². The van der Waals surface area contributed by atoms with E-state index in [1.807, 2.05) is 26.0 Å². The average Bonchev–Trinajstić information content (AvgIpc) is 3.33. The monoisotopic (exact) mass is 533 g/mol. The third-order valence-corrected chi connectivity index (χ3v) is 6.70. The molecule has 0 saturated carbocycles. The maximum Gasteiger partial charge on any atom is 0.243 e. The van der Waals surface area contributed by atoms with Gasteiger partial charge in [-0.2, -0.15) is 4.31 Å². The van der Waals surface area contributed by atoms with Gasteiger partial charge in [-0.15, -0.1) is 24.0 Å². The number of hydrogen-bond acceptors (Lipinski definition) is 5. The molecular formula is C19H28IN5O3S. The smallest absolute Gasteiger partial charge is 0.243 e. The Morgan fingerprint density at radius 3 is 2.31 bits per heavy atom. The van der Waals surface area contributed by atoms with Gasteiger partial charge in [-0.25, -0.2) is 13.4 Å². The zero-order valence-corrected chi connectivity index (χ0v) is 20.1. The lowest BCUT2D eigenvalue weighted by molar-refractivity contribution is 0.463. The van der Waals surface area contributed by atoms with E-state index in [4.69, 9.17) is 4.42 Å². The molecule has 1 aliphatic heterocycles. The molecule has 0 amide bonds. The first kappa shape index (κ1) is 23.6. The Labute approximate surface area is 189 Å². The molecule has 1 saturated heterocycles. The molecule has 2 heterocycles. The third kappa shape index (κ3) is 5.92. The topological polar surface area (TPSA) is 99.8 Å². The van der Waals surface area contributed by atoms with Gasteiger partial charge < -0.3 is 15.1 Å². The van der Waals surface area contributed by atoms with Crippen molar-refractivity contribution in [1.82, 2.24) is 19.9 Å². The van der Waals surface area contributed by atoms with E-state index in [0.717, 1.165) is 29.9 Å². The second kappa shape index (κ2) is 10.4. The van der Waals surface area contributed by atoms with Crippen LogP contribution in [0.3, 0.4) is 0 Å². The molecule has 0 aliphatic carbocycles. The molecule has 3 rings (SSSR count). The van der Waals surface area contributed by atoms with Gasteiger partial charge in [0.1, 0.15) is 5.76 Å². The quantitative estimate of drug-likeness (QED) is 0.337. The van der Waals surface area contributed by atoms with E-state index in [1.165, 1.54) is 0 Å². The van der Waals surface area contributed by atoms with Gasteiger partial charge in [0.2, 0.25) is 15.9 Å². The number of sulfonamides is 1. The summed E-state index contributed by atoms with van der Waals surface area (Å²) in [6, 6.07) is 6.98. The van der Waals surface area contributed by atoms with E-state index in [9.17, 15) is 8.42 Å². The SMILES string of the molecule is CN=C(NCc1ccc(S(=O)(=O)N2CCCC2)cc1)NCc1nc(C)c(C)o1.I. The Morgan fingerprint density at radius 2 is 1.76 bits per heavy atom. The molecule has 0 spiro atoms. The number of oxazole rings is 1. The Morgan fingerprint density at radius 1 is 1.14 bits per heavy atom. The molecule has 0 radical (unpaired) electrons. The minimum atomic E-state index is -3.37. The van der Waals surface area contributed by atoms with Crippen LogP contribution in [0.15, 0.2) is 38.6 Å². The Hall–Kier alpha value is -1.66. The number of rotatable bonds is 6. The molecular weight excluding hydrogens is 505 g/mol. The summed E-state index contributed by atoms with van der Waals surface area (Å²) < 4.78 is 32.2. The normalized spacial score (nSPS) is 15.2. The van der Waals surface area contributed by atoms with Crippen molar-refractivity contribution in [2.24, 2.45) is 4.99 Å². The molecule has 2 N–H and O–H groups in total. The van der Waals surface area contributed by atoms with Crippen LogP contribution < -0.4 is 10.6 Å². The van der Waals surface area contributed by atoms with Crippen LogP contribution >= 0.6 is 24.0 Å². The average molecular weight is 533 g/mol. The molecule has 8 nitrogen and oxygen atoms in total. The molecule has 0 atom stereocenters. The zero-order chi connectivity index (χ0) is 20.1. The maximum absolute atomic E-state index is 12.6. The largest absolute Gasteiger partial charge is 0.444 e. The lowest BCUT2D eigenvalue weighted by atomic mass is 10.2. The molecule has 0 unspecified atom stereocenters. The van der Waals surface area contributed by atoms with Gasteiger partial charge >= 0.3 is 0 Å². The second-order valence-electron chi connectivity index (χ2n) is 6.78. The number of nitrogens with one attached hydrogen (secondary N) is 2. The predicted octanol–water partition coefficient (Wildman–Crippen LogP) is 2.56. The molecule has 2 aromatic rings. The molecule has 0 bridgehead atoms. The van der Waals surface area contributed by atoms with E-state index in [1.54, 1.807) is 23.5 Å². The number of aliphatic imine (C=N–C) groups is 1. The fourth-order valence-electron chi connectivity index (χ4n) is 3.04. The zero-order valence-electron chi connectivity index (χ0n) is 16.9. The highest BCUT2D eigenvalue weighted by Crippen LogP contribution is 2.21.